The maximum Gasteiger partial charge on any atom is 0.241 e. The molecular formula is C19H20FN3O3S. The van der Waals surface area contributed by atoms with Crippen molar-refractivity contribution in [3.05, 3.63) is 53.8 Å². The Bertz CT molecular complexity index is 1020. The summed E-state index contributed by atoms with van der Waals surface area (Å²) in [6.45, 7) is 1.41. The normalized spacial score (nSPS) is 23.9. The first-order valence-corrected chi connectivity index (χ1v) is 10.5. The molecule has 2 heterocycles. The number of para-hydroxylation sites is 1. The van der Waals surface area contributed by atoms with Crippen molar-refractivity contribution >= 4 is 27.1 Å². The number of halogens is 1. The molecule has 2 atom stereocenters. The molecule has 0 saturated carbocycles. The summed E-state index contributed by atoms with van der Waals surface area (Å²) in [4.78, 5) is 12.5. The van der Waals surface area contributed by atoms with Gasteiger partial charge in [-0.15, -0.1) is 0 Å². The molecule has 6 nitrogen and oxygen atoms in total. The van der Waals surface area contributed by atoms with Gasteiger partial charge in [0.05, 0.1) is 16.6 Å². The molecule has 1 spiro atoms. The van der Waals surface area contributed by atoms with Gasteiger partial charge in [0.2, 0.25) is 5.91 Å². The predicted molar refractivity (Wildman–Crippen MR) is 101 cm³/mol. The van der Waals surface area contributed by atoms with Gasteiger partial charge >= 0.3 is 0 Å². The molecule has 2 aliphatic rings. The zero-order valence-electron chi connectivity index (χ0n) is 14.8. The van der Waals surface area contributed by atoms with Crippen molar-refractivity contribution < 1.29 is 17.6 Å². The fraction of sp³-hybridized carbons (Fsp3) is 0.316. The van der Waals surface area contributed by atoms with Gasteiger partial charge in [-0.2, -0.15) is 0 Å². The van der Waals surface area contributed by atoms with Crippen molar-refractivity contribution in [3.63, 3.8) is 0 Å². The summed E-state index contributed by atoms with van der Waals surface area (Å²) in [5.41, 5.74) is 2.09. The summed E-state index contributed by atoms with van der Waals surface area (Å²) in [5, 5.41) is 9.19. The Labute approximate surface area is 157 Å². The molecule has 2 aromatic rings. The number of carbonyl (C=O) groups is 1. The van der Waals surface area contributed by atoms with Crippen LogP contribution in [-0.4, -0.2) is 39.7 Å². The Morgan fingerprint density at radius 3 is 2.74 bits per heavy atom. The maximum absolute atomic E-state index is 14.2. The third-order valence-corrected chi connectivity index (χ3v) is 6.45. The number of fused-ring (bicyclic) bond motifs is 2. The van der Waals surface area contributed by atoms with Crippen LogP contribution in [-0.2, 0) is 20.0 Å². The molecular weight excluding hydrogens is 369 g/mol. The minimum atomic E-state index is -3.50. The number of sulfone groups is 1. The van der Waals surface area contributed by atoms with E-state index < -0.39 is 21.7 Å². The SMILES string of the molecule is CS(=O)(=O)c1ccc(NC(=O)C2CC3(CNc4ccccc43)CN2)c(F)c1. The van der Waals surface area contributed by atoms with Crippen LogP contribution in [0.4, 0.5) is 15.8 Å². The fourth-order valence-corrected chi connectivity index (χ4v) is 4.52. The van der Waals surface area contributed by atoms with Crippen LogP contribution in [0.2, 0.25) is 0 Å². The number of carbonyl (C=O) groups excluding carboxylic acids is 1. The lowest BCUT2D eigenvalue weighted by molar-refractivity contribution is -0.117. The zero-order chi connectivity index (χ0) is 19.2. The van der Waals surface area contributed by atoms with Gasteiger partial charge in [-0.05, 0) is 36.2 Å². The van der Waals surface area contributed by atoms with E-state index in [2.05, 4.69) is 22.0 Å². The molecule has 142 valence electrons. The molecule has 27 heavy (non-hydrogen) atoms. The van der Waals surface area contributed by atoms with Gasteiger partial charge in [0.25, 0.3) is 0 Å². The third-order valence-electron chi connectivity index (χ3n) is 5.34. The van der Waals surface area contributed by atoms with Crippen molar-refractivity contribution in [2.45, 2.75) is 22.8 Å². The van der Waals surface area contributed by atoms with E-state index in [9.17, 15) is 17.6 Å². The lowest BCUT2D eigenvalue weighted by Gasteiger charge is -2.22. The summed E-state index contributed by atoms with van der Waals surface area (Å²) >= 11 is 0. The molecule has 1 amide bonds. The van der Waals surface area contributed by atoms with Crippen molar-refractivity contribution in [1.82, 2.24) is 5.32 Å². The van der Waals surface area contributed by atoms with E-state index in [4.69, 9.17) is 0 Å². The van der Waals surface area contributed by atoms with Gasteiger partial charge in [0.15, 0.2) is 9.84 Å². The van der Waals surface area contributed by atoms with E-state index in [1.165, 1.54) is 17.7 Å². The second kappa shape index (κ2) is 6.31. The lowest BCUT2D eigenvalue weighted by atomic mass is 9.80. The van der Waals surface area contributed by atoms with Crippen molar-refractivity contribution in [2.75, 3.05) is 30.0 Å². The first-order valence-electron chi connectivity index (χ1n) is 8.66. The predicted octanol–water partition coefficient (Wildman–Crippen LogP) is 1.89. The summed E-state index contributed by atoms with van der Waals surface area (Å²) in [7, 11) is -3.50. The molecule has 2 aromatic carbocycles. The number of hydrogen-bond donors (Lipinski definition) is 3. The van der Waals surface area contributed by atoms with E-state index in [-0.39, 0.29) is 21.9 Å². The average molecular weight is 389 g/mol. The topological polar surface area (TPSA) is 87.3 Å². The minimum absolute atomic E-state index is 0.0277. The average Bonchev–Trinajstić information content (AvgIpc) is 3.22. The Morgan fingerprint density at radius 1 is 1.22 bits per heavy atom. The molecule has 3 N–H and O–H groups in total. The van der Waals surface area contributed by atoms with Crippen molar-refractivity contribution in [3.8, 4) is 0 Å². The second-order valence-corrected chi connectivity index (χ2v) is 9.24. The zero-order valence-corrected chi connectivity index (χ0v) is 15.6. The number of hydrogen-bond acceptors (Lipinski definition) is 5. The standard InChI is InChI=1S/C19H20FN3O3S/c1-27(25,26)12-6-7-16(14(20)8-12)23-18(24)17-9-19(11-22-17)10-21-15-5-3-2-4-13(15)19/h2-8,17,21-22H,9-11H2,1H3,(H,23,24). The molecule has 0 bridgehead atoms. The Kier molecular flexibility index (Phi) is 4.20. The Morgan fingerprint density at radius 2 is 2.00 bits per heavy atom. The van der Waals surface area contributed by atoms with Crippen molar-refractivity contribution in [1.29, 1.82) is 0 Å². The maximum atomic E-state index is 14.2. The van der Waals surface area contributed by atoms with Gasteiger partial charge < -0.3 is 16.0 Å². The van der Waals surface area contributed by atoms with Crippen LogP contribution in [0.15, 0.2) is 47.4 Å². The highest BCUT2D eigenvalue weighted by Crippen LogP contribution is 2.42. The van der Waals surface area contributed by atoms with Gasteiger partial charge in [0.1, 0.15) is 5.82 Å². The largest absolute Gasteiger partial charge is 0.384 e. The van der Waals surface area contributed by atoms with E-state index >= 15 is 0 Å². The van der Waals surface area contributed by atoms with Crippen LogP contribution < -0.4 is 16.0 Å². The molecule has 4 rings (SSSR count). The van der Waals surface area contributed by atoms with Crippen molar-refractivity contribution in [2.24, 2.45) is 0 Å². The molecule has 0 aliphatic carbocycles. The Balaban J connectivity index is 1.49. The highest BCUT2D eigenvalue weighted by Gasteiger charge is 2.46. The molecule has 8 heteroatoms. The molecule has 0 aromatic heterocycles. The quantitative estimate of drug-likeness (QED) is 0.746. The number of rotatable bonds is 3. The summed E-state index contributed by atoms with van der Waals surface area (Å²) in [6, 6.07) is 11.1. The van der Waals surface area contributed by atoms with E-state index in [1.54, 1.807) is 0 Å². The molecule has 1 saturated heterocycles. The highest BCUT2D eigenvalue weighted by atomic mass is 32.2. The smallest absolute Gasteiger partial charge is 0.241 e. The van der Waals surface area contributed by atoms with E-state index in [1.807, 2.05) is 18.2 Å². The van der Waals surface area contributed by atoms with E-state index in [0.29, 0.717) is 13.0 Å². The van der Waals surface area contributed by atoms with Gasteiger partial charge in [-0.3, -0.25) is 4.79 Å². The number of amides is 1. The van der Waals surface area contributed by atoms with Crippen LogP contribution in [0.3, 0.4) is 0 Å². The van der Waals surface area contributed by atoms with Crippen LogP contribution in [0.25, 0.3) is 0 Å². The summed E-state index contributed by atoms with van der Waals surface area (Å²) in [6.07, 6.45) is 1.61. The van der Waals surface area contributed by atoms with Crippen LogP contribution in [0.1, 0.15) is 12.0 Å². The number of nitrogens with one attached hydrogen (secondary N) is 3. The number of benzene rings is 2. The van der Waals surface area contributed by atoms with Gasteiger partial charge in [0, 0.05) is 30.4 Å². The highest BCUT2D eigenvalue weighted by molar-refractivity contribution is 7.90. The summed E-state index contributed by atoms with van der Waals surface area (Å²) in [5.74, 6) is -1.10. The first-order chi connectivity index (χ1) is 12.8. The van der Waals surface area contributed by atoms with Crippen LogP contribution in [0, 0.1) is 5.82 Å². The fourth-order valence-electron chi connectivity index (χ4n) is 3.89. The van der Waals surface area contributed by atoms with Gasteiger partial charge in [-0.1, -0.05) is 18.2 Å². The molecule has 2 unspecified atom stereocenters. The number of anilines is 2. The molecule has 2 aliphatic heterocycles. The minimum Gasteiger partial charge on any atom is -0.384 e. The van der Waals surface area contributed by atoms with Crippen LogP contribution >= 0.6 is 0 Å². The Hall–Kier alpha value is -2.45. The van der Waals surface area contributed by atoms with E-state index in [0.717, 1.165) is 24.6 Å². The monoisotopic (exact) mass is 389 g/mol. The third kappa shape index (κ3) is 3.19. The van der Waals surface area contributed by atoms with Gasteiger partial charge in [-0.25, -0.2) is 12.8 Å². The first kappa shape index (κ1) is 17.9. The summed E-state index contributed by atoms with van der Waals surface area (Å²) < 4.78 is 37.2. The molecule has 0 radical (unpaired) electrons. The lowest BCUT2D eigenvalue weighted by Crippen LogP contribution is -2.35. The second-order valence-electron chi connectivity index (χ2n) is 7.22. The molecule has 1 fully saturated rings. The van der Waals surface area contributed by atoms with Crippen LogP contribution in [0.5, 0.6) is 0 Å².